The summed E-state index contributed by atoms with van der Waals surface area (Å²) < 4.78 is 13.0. The molecule has 0 radical (unpaired) electrons. The molecular formula is C19H23N5O3S2. The number of thiazole rings is 1. The van der Waals surface area contributed by atoms with Gasteiger partial charge in [-0.3, -0.25) is 4.79 Å². The molecule has 10 heteroatoms. The van der Waals surface area contributed by atoms with E-state index in [4.69, 9.17) is 9.47 Å². The zero-order chi connectivity index (χ0) is 21.0. The van der Waals surface area contributed by atoms with E-state index in [0.29, 0.717) is 27.6 Å². The van der Waals surface area contributed by atoms with Gasteiger partial charge in [0.05, 0.1) is 18.6 Å². The van der Waals surface area contributed by atoms with Gasteiger partial charge in [-0.1, -0.05) is 17.8 Å². The molecule has 3 aromatic rings. The minimum atomic E-state index is -0.131. The zero-order valence-electron chi connectivity index (χ0n) is 17.0. The Kier molecular flexibility index (Phi) is 6.75. The van der Waals surface area contributed by atoms with Gasteiger partial charge >= 0.3 is 0 Å². The van der Waals surface area contributed by atoms with E-state index in [1.54, 1.807) is 7.11 Å². The van der Waals surface area contributed by atoms with Crippen molar-refractivity contribution in [3.63, 3.8) is 0 Å². The molecule has 1 aromatic carbocycles. The van der Waals surface area contributed by atoms with Gasteiger partial charge in [0.25, 0.3) is 0 Å². The van der Waals surface area contributed by atoms with Crippen LogP contribution < -0.4 is 14.8 Å². The molecule has 154 valence electrons. The number of nitrogens with zero attached hydrogens (tertiary/aromatic N) is 4. The van der Waals surface area contributed by atoms with Crippen LogP contribution in [0.3, 0.4) is 0 Å². The molecule has 29 heavy (non-hydrogen) atoms. The lowest BCUT2D eigenvalue weighted by Crippen LogP contribution is -2.14. The quantitative estimate of drug-likeness (QED) is 0.544. The number of aryl methyl sites for hydroxylation is 3. The molecular weight excluding hydrogens is 410 g/mol. The molecule has 8 nitrogen and oxygen atoms in total. The Morgan fingerprint density at radius 3 is 2.72 bits per heavy atom. The summed E-state index contributed by atoms with van der Waals surface area (Å²) in [7, 11) is 3.46. The van der Waals surface area contributed by atoms with E-state index in [2.05, 4.69) is 20.5 Å². The molecule has 0 aliphatic rings. The summed E-state index contributed by atoms with van der Waals surface area (Å²) in [6.45, 7) is 6.14. The second-order valence-electron chi connectivity index (χ2n) is 6.40. The molecule has 0 atom stereocenters. The largest absolute Gasteiger partial charge is 0.493 e. The molecule has 0 fully saturated rings. The van der Waals surface area contributed by atoms with Crippen molar-refractivity contribution >= 4 is 34.1 Å². The second kappa shape index (κ2) is 9.27. The van der Waals surface area contributed by atoms with E-state index in [0.717, 1.165) is 16.1 Å². The first kappa shape index (κ1) is 21.1. The first-order valence-corrected chi connectivity index (χ1v) is 10.7. The minimum absolute atomic E-state index is 0.131. The Labute approximate surface area is 177 Å². The van der Waals surface area contributed by atoms with Crippen molar-refractivity contribution < 1.29 is 14.3 Å². The van der Waals surface area contributed by atoms with Gasteiger partial charge in [0, 0.05) is 11.9 Å². The van der Waals surface area contributed by atoms with Crippen LogP contribution in [-0.2, 0) is 18.4 Å². The molecule has 1 N–H and O–H groups in total. The van der Waals surface area contributed by atoms with Crippen molar-refractivity contribution in [2.24, 2.45) is 7.05 Å². The molecule has 2 heterocycles. The molecule has 0 unspecified atom stereocenters. The number of nitrogens with one attached hydrogen (secondary N) is 1. The average molecular weight is 434 g/mol. The normalized spacial score (nSPS) is 10.8. The lowest BCUT2D eigenvalue weighted by Gasteiger charge is -2.11. The van der Waals surface area contributed by atoms with E-state index in [1.807, 2.05) is 50.6 Å². The predicted octanol–water partition coefficient (Wildman–Crippen LogP) is 3.52. The molecule has 3 rings (SSSR count). The van der Waals surface area contributed by atoms with Gasteiger partial charge in [-0.15, -0.1) is 21.5 Å². The lowest BCUT2D eigenvalue weighted by molar-refractivity contribution is -0.113. The first-order chi connectivity index (χ1) is 13.9. The van der Waals surface area contributed by atoms with Gasteiger partial charge in [0.1, 0.15) is 6.61 Å². The standard InChI is InChI=1S/C19H23N5O3S2/c1-11-6-7-14(15(8-11)26-5)27-9-16-22-23-19(24(16)4)28-10-17(25)21-18-20-12(2)13(3)29-18/h6-8H,9-10H2,1-5H3,(H,20,21,25). The van der Waals surface area contributed by atoms with Crippen LogP contribution in [-0.4, -0.2) is 38.5 Å². The number of rotatable bonds is 8. The van der Waals surface area contributed by atoms with E-state index in [9.17, 15) is 4.79 Å². The average Bonchev–Trinajstić information content (AvgIpc) is 3.20. The highest BCUT2D eigenvalue weighted by Crippen LogP contribution is 2.28. The third-order valence-electron chi connectivity index (χ3n) is 4.21. The van der Waals surface area contributed by atoms with Crippen LogP contribution in [0, 0.1) is 20.8 Å². The Hall–Kier alpha value is -2.59. The maximum atomic E-state index is 12.2. The summed E-state index contributed by atoms with van der Waals surface area (Å²) in [4.78, 5) is 17.6. The number of amides is 1. The van der Waals surface area contributed by atoms with Crippen molar-refractivity contribution in [2.75, 3.05) is 18.2 Å². The molecule has 0 saturated carbocycles. The van der Waals surface area contributed by atoms with Gasteiger partial charge in [-0.05, 0) is 38.5 Å². The smallest absolute Gasteiger partial charge is 0.236 e. The summed E-state index contributed by atoms with van der Waals surface area (Å²) in [5.41, 5.74) is 2.02. The number of methoxy groups -OCH3 is 1. The number of carbonyl (C=O) groups excluding carboxylic acids is 1. The van der Waals surface area contributed by atoms with Gasteiger partial charge in [0.15, 0.2) is 27.6 Å². The predicted molar refractivity (Wildman–Crippen MR) is 114 cm³/mol. The van der Waals surface area contributed by atoms with E-state index in [-0.39, 0.29) is 18.3 Å². The van der Waals surface area contributed by atoms with E-state index in [1.165, 1.54) is 23.1 Å². The van der Waals surface area contributed by atoms with E-state index < -0.39 is 0 Å². The summed E-state index contributed by atoms with van der Waals surface area (Å²) >= 11 is 2.78. The van der Waals surface area contributed by atoms with Crippen LogP contribution in [0.5, 0.6) is 11.5 Å². The Balaban J connectivity index is 1.56. The summed E-state index contributed by atoms with van der Waals surface area (Å²) in [6, 6.07) is 5.74. The maximum absolute atomic E-state index is 12.2. The first-order valence-electron chi connectivity index (χ1n) is 8.89. The highest BCUT2D eigenvalue weighted by atomic mass is 32.2. The molecule has 0 aliphatic heterocycles. The topological polar surface area (TPSA) is 91.2 Å². The number of carbonyl (C=O) groups is 1. The van der Waals surface area contributed by atoms with Crippen LogP contribution >= 0.6 is 23.1 Å². The van der Waals surface area contributed by atoms with Gasteiger partial charge in [-0.2, -0.15) is 0 Å². The van der Waals surface area contributed by atoms with E-state index >= 15 is 0 Å². The van der Waals surface area contributed by atoms with Gasteiger partial charge < -0.3 is 19.4 Å². The van der Waals surface area contributed by atoms with Crippen LogP contribution in [0.25, 0.3) is 0 Å². The monoisotopic (exact) mass is 433 g/mol. The fourth-order valence-corrected chi connectivity index (χ4v) is 4.01. The summed E-state index contributed by atoms with van der Waals surface area (Å²) in [6.07, 6.45) is 0. The lowest BCUT2D eigenvalue weighted by atomic mass is 10.2. The van der Waals surface area contributed by atoms with Crippen molar-refractivity contribution in [1.29, 1.82) is 0 Å². The number of benzene rings is 1. The molecule has 0 bridgehead atoms. The van der Waals surface area contributed by atoms with Crippen LogP contribution in [0.4, 0.5) is 5.13 Å². The highest BCUT2D eigenvalue weighted by molar-refractivity contribution is 7.99. The number of anilines is 1. The van der Waals surface area contributed by atoms with Crippen LogP contribution in [0.1, 0.15) is 22.0 Å². The van der Waals surface area contributed by atoms with Gasteiger partial charge in [-0.25, -0.2) is 4.98 Å². The highest BCUT2D eigenvalue weighted by Gasteiger charge is 2.14. The summed E-state index contributed by atoms with van der Waals surface area (Å²) in [5.74, 6) is 2.06. The number of aromatic nitrogens is 4. The molecule has 1 amide bonds. The second-order valence-corrected chi connectivity index (χ2v) is 8.54. The number of thioether (sulfide) groups is 1. The number of hydrogen-bond acceptors (Lipinski definition) is 8. The number of hydrogen-bond donors (Lipinski definition) is 1. The van der Waals surface area contributed by atoms with Gasteiger partial charge in [0.2, 0.25) is 5.91 Å². The zero-order valence-corrected chi connectivity index (χ0v) is 18.6. The van der Waals surface area contributed by atoms with Crippen LogP contribution in [0.15, 0.2) is 23.4 Å². The van der Waals surface area contributed by atoms with Crippen molar-refractivity contribution in [1.82, 2.24) is 19.7 Å². The fourth-order valence-electron chi connectivity index (χ4n) is 2.44. The van der Waals surface area contributed by atoms with Crippen molar-refractivity contribution in [3.8, 4) is 11.5 Å². The minimum Gasteiger partial charge on any atom is -0.493 e. The molecule has 0 saturated heterocycles. The molecule has 0 spiro atoms. The van der Waals surface area contributed by atoms with Crippen molar-refractivity contribution in [2.45, 2.75) is 32.5 Å². The third kappa shape index (κ3) is 5.27. The summed E-state index contributed by atoms with van der Waals surface area (Å²) in [5, 5.41) is 12.4. The van der Waals surface area contributed by atoms with Crippen LogP contribution in [0.2, 0.25) is 0 Å². The van der Waals surface area contributed by atoms with Crippen molar-refractivity contribution in [3.05, 3.63) is 40.2 Å². The third-order valence-corrected chi connectivity index (χ3v) is 6.22. The maximum Gasteiger partial charge on any atom is 0.236 e. The fraction of sp³-hybridized carbons (Fsp3) is 0.368. The molecule has 0 aliphatic carbocycles. The molecule has 2 aromatic heterocycles. The SMILES string of the molecule is COc1cc(C)ccc1OCc1nnc(SCC(=O)Nc2nc(C)c(C)s2)n1C. The Bertz CT molecular complexity index is 996. The number of ether oxygens (including phenoxy) is 2. The Morgan fingerprint density at radius 1 is 1.24 bits per heavy atom. The Morgan fingerprint density at radius 2 is 2.03 bits per heavy atom.